The summed E-state index contributed by atoms with van der Waals surface area (Å²) in [4.78, 5) is 41.0. The Morgan fingerprint density at radius 1 is 1.07 bits per heavy atom. The number of piperazine rings is 1. The SMILES string of the molecule is CC1=C(C)C(=O)C(NC(=O)CN2CCN(c3ccccc3OC(C)C)CC2)C1=O. The van der Waals surface area contributed by atoms with E-state index in [2.05, 4.69) is 16.3 Å². The van der Waals surface area contributed by atoms with Gasteiger partial charge in [0.1, 0.15) is 5.75 Å². The molecular formula is C22H29N3O4. The standard InChI is InChI=1S/C22H29N3O4/c1-14(2)29-18-8-6-5-7-17(18)25-11-9-24(10-12-25)13-19(26)23-20-21(27)15(3)16(4)22(20)28/h5-8,14,20H,9-13H2,1-4H3,(H,23,26). The van der Waals surface area contributed by atoms with E-state index in [4.69, 9.17) is 4.74 Å². The van der Waals surface area contributed by atoms with Gasteiger partial charge in [-0.05, 0) is 39.8 Å². The lowest BCUT2D eigenvalue weighted by molar-refractivity contribution is -0.131. The zero-order valence-corrected chi connectivity index (χ0v) is 17.5. The predicted molar refractivity (Wildman–Crippen MR) is 111 cm³/mol. The van der Waals surface area contributed by atoms with Crippen LogP contribution in [-0.2, 0) is 14.4 Å². The Bertz CT molecular complexity index is 814. The van der Waals surface area contributed by atoms with Crippen molar-refractivity contribution in [3.8, 4) is 5.75 Å². The molecule has 1 aromatic carbocycles. The van der Waals surface area contributed by atoms with E-state index in [9.17, 15) is 14.4 Å². The van der Waals surface area contributed by atoms with Crippen molar-refractivity contribution >= 4 is 23.2 Å². The van der Waals surface area contributed by atoms with Gasteiger partial charge in [0.2, 0.25) is 5.91 Å². The average Bonchev–Trinajstić information content (AvgIpc) is 2.86. The molecule has 7 heteroatoms. The second-order valence-electron chi connectivity index (χ2n) is 7.88. The van der Waals surface area contributed by atoms with Gasteiger partial charge in [0.25, 0.3) is 0 Å². The summed E-state index contributed by atoms with van der Waals surface area (Å²) in [5.41, 5.74) is 1.94. The molecule has 1 aliphatic carbocycles. The van der Waals surface area contributed by atoms with Crippen LogP contribution in [0, 0.1) is 0 Å². The van der Waals surface area contributed by atoms with Gasteiger partial charge < -0.3 is 15.0 Å². The average molecular weight is 399 g/mol. The van der Waals surface area contributed by atoms with Crippen LogP contribution in [0.3, 0.4) is 0 Å². The fourth-order valence-electron chi connectivity index (χ4n) is 3.68. The topological polar surface area (TPSA) is 79.0 Å². The molecular weight excluding hydrogens is 370 g/mol. The van der Waals surface area contributed by atoms with Gasteiger partial charge in [-0.3, -0.25) is 19.3 Å². The monoisotopic (exact) mass is 399 g/mol. The van der Waals surface area contributed by atoms with E-state index in [1.807, 2.05) is 36.9 Å². The van der Waals surface area contributed by atoms with Crippen molar-refractivity contribution in [2.45, 2.75) is 39.8 Å². The van der Waals surface area contributed by atoms with Gasteiger partial charge in [-0.15, -0.1) is 0 Å². The van der Waals surface area contributed by atoms with Gasteiger partial charge in [-0.1, -0.05) is 12.1 Å². The van der Waals surface area contributed by atoms with Crippen molar-refractivity contribution in [1.82, 2.24) is 10.2 Å². The highest BCUT2D eigenvalue weighted by Crippen LogP contribution is 2.29. The van der Waals surface area contributed by atoms with Crippen LogP contribution in [0.5, 0.6) is 5.75 Å². The number of nitrogens with zero attached hydrogens (tertiary/aromatic N) is 2. The van der Waals surface area contributed by atoms with Crippen molar-refractivity contribution < 1.29 is 19.1 Å². The number of hydrogen-bond acceptors (Lipinski definition) is 6. The number of carbonyl (C=O) groups excluding carboxylic acids is 3. The number of benzene rings is 1. The molecule has 0 radical (unpaired) electrons. The number of carbonyl (C=O) groups is 3. The first-order valence-corrected chi connectivity index (χ1v) is 10.1. The third kappa shape index (κ3) is 4.67. The molecule has 2 aliphatic rings. The van der Waals surface area contributed by atoms with Crippen molar-refractivity contribution in [3.05, 3.63) is 35.4 Å². The number of rotatable bonds is 6. The zero-order chi connectivity index (χ0) is 21.1. The summed E-state index contributed by atoms with van der Waals surface area (Å²) in [7, 11) is 0. The maximum absolute atomic E-state index is 12.4. The fourth-order valence-corrected chi connectivity index (χ4v) is 3.68. The molecule has 0 atom stereocenters. The van der Waals surface area contributed by atoms with Crippen molar-refractivity contribution in [2.24, 2.45) is 0 Å². The Morgan fingerprint density at radius 3 is 2.24 bits per heavy atom. The second-order valence-corrected chi connectivity index (χ2v) is 7.88. The highest BCUT2D eigenvalue weighted by atomic mass is 16.5. The molecule has 3 rings (SSSR count). The largest absolute Gasteiger partial charge is 0.489 e. The van der Waals surface area contributed by atoms with Crippen molar-refractivity contribution in [1.29, 1.82) is 0 Å². The summed E-state index contributed by atoms with van der Waals surface area (Å²) in [6, 6.07) is 6.93. The second kappa shape index (κ2) is 8.78. The number of nitrogens with one attached hydrogen (secondary N) is 1. The summed E-state index contributed by atoms with van der Waals surface area (Å²) < 4.78 is 5.91. The normalized spacial score (nSPS) is 18.7. The number of ketones is 2. The minimum Gasteiger partial charge on any atom is -0.489 e. The molecule has 1 aromatic rings. The van der Waals surface area contributed by atoms with Gasteiger partial charge in [0, 0.05) is 37.3 Å². The highest BCUT2D eigenvalue weighted by molar-refractivity contribution is 6.28. The highest BCUT2D eigenvalue weighted by Gasteiger charge is 2.37. The quantitative estimate of drug-likeness (QED) is 0.732. The number of ether oxygens (including phenoxy) is 1. The number of anilines is 1. The van der Waals surface area contributed by atoms with E-state index >= 15 is 0 Å². The molecule has 156 valence electrons. The van der Waals surface area contributed by atoms with Crippen LogP contribution < -0.4 is 15.0 Å². The molecule has 0 unspecified atom stereocenters. The van der Waals surface area contributed by atoms with E-state index < -0.39 is 6.04 Å². The molecule has 0 saturated carbocycles. The molecule has 0 bridgehead atoms. The van der Waals surface area contributed by atoms with Crippen LogP contribution in [0.4, 0.5) is 5.69 Å². The van der Waals surface area contributed by atoms with E-state index in [1.165, 1.54) is 0 Å². The third-order valence-corrected chi connectivity index (χ3v) is 5.44. The minimum atomic E-state index is -1.05. The molecule has 0 spiro atoms. The molecule has 1 saturated heterocycles. The number of Topliss-reactive ketones (excluding diaryl/α,β-unsaturated/α-hetero) is 2. The Labute approximate surface area is 171 Å². The molecule has 1 heterocycles. The van der Waals surface area contributed by atoms with E-state index in [0.717, 1.165) is 24.5 Å². The number of para-hydroxylation sites is 2. The predicted octanol–water partition coefficient (Wildman–Crippen LogP) is 1.57. The Hall–Kier alpha value is -2.67. The summed E-state index contributed by atoms with van der Waals surface area (Å²) in [6.45, 7) is 10.4. The number of hydrogen-bond donors (Lipinski definition) is 1. The van der Waals surface area contributed by atoms with Gasteiger partial charge in [-0.25, -0.2) is 0 Å². The lowest BCUT2D eigenvalue weighted by atomic mass is 10.1. The van der Waals surface area contributed by atoms with Gasteiger partial charge in [0.15, 0.2) is 17.6 Å². The fraction of sp³-hybridized carbons (Fsp3) is 0.500. The number of amides is 1. The van der Waals surface area contributed by atoms with Crippen LogP contribution in [0.2, 0.25) is 0 Å². The van der Waals surface area contributed by atoms with Gasteiger partial charge in [0.05, 0.1) is 18.3 Å². The molecule has 1 N–H and O–H groups in total. The zero-order valence-electron chi connectivity index (χ0n) is 17.5. The molecule has 7 nitrogen and oxygen atoms in total. The molecule has 0 aromatic heterocycles. The van der Waals surface area contributed by atoms with Crippen LogP contribution in [0.25, 0.3) is 0 Å². The van der Waals surface area contributed by atoms with Gasteiger partial charge >= 0.3 is 0 Å². The summed E-state index contributed by atoms with van der Waals surface area (Å²) >= 11 is 0. The Kier molecular flexibility index (Phi) is 6.37. The van der Waals surface area contributed by atoms with E-state index in [-0.39, 0.29) is 30.1 Å². The maximum Gasteiger partial charge on any atom is 0.235 e. The van der Waals surface area contributed by atoms with Crippen molar-refractivity contribution in [3.63, 3.8) is 0 Å². The Balaban J connectivity index is 1.53. The van der Waals surface area contributed by atoms with Crippen molar-refractivity contribution in [2.75, 3.05) is 37.6 Å². The minimum absolute atomic E-state index is 0.101. The molecule has 1 aliphatic heterocycles. The summed E-state index contributed by atoms with van der Waals surface area (Å²) in [5.74, 6) is -0.0266. The lowest BCUT2D eigenvalue weighted by Crippen LogP contribution is -2.52. The third-order valence-electron chi connectivity index (χ3n) is 5.44. The summed E-state index contributed by atoms with van der Waals surface area (Å²) in [5, 5.41) is 2.61. The van der Waals surface area contributed by atoms with Crippen LogP contribution in [0.15, 0.2) is 35.4 Å². The first-order valence-electron chi connectivity index (χ1n) is 10.1. The summed E-state index contributed by atoms with van der Waals surface area (Å²) in [6.07, 6.45) is 0.101. The first-order chi connectivity index (χ1) is 13.8. The van der Waals surface area contributed by atoms with Crippen LogP contribution >= 0.6 is 0 Å². The van der Waals surface area contributed by atoms with Crippen LogP contribution in [0.1, 0.15) is 27.7 Å². The smallest absolute Gasteiger partial charge is 0.235 e. The maximum atomic E-state index is 12.4. The molecule has 1 amide bonds. The van der Waals surface area contributed by atoms with E-state index in [1.54, 1.807) is 13.8 Å². The van der Waals surface area contributed by atoms with Gasteiger partial charge in [-0.2, -0.15) is 0 Å². The first kappa shape index (κ1) is 21.0. The Morgan fingerprint density at radius 2 is 1.66 bits per heavy atom. The molecule has 29 heavy (non-hydrogen) atoms. The van der Waals surface area contributed by atoms with Crippen LogP contribution in [-0.4, -0.2) is 67.2 Å². The lowest BCUT2D eigenvalue weighted by Gasteiger charge is -2.36. The molecule has 1 fully saturated rings. The van der Waals surface area contributed by atoms with E-state index in [0.29, 0.717) is 24.2 Å².